The van der Waals surface area contributed by atoms with E-state index in [0.717, 1.165) is 32.1 Å². The zero-order chi connectivity index (χ0) is 58.8. The summed E-state index contributed by atoms with van der Waals surface area (Å²) in [6.07, 6.45) is 49.1. The Bertz CT molecular complexity index is 1500. The van der Waals surface area contributed by atoms with Gasteiger partial charge in [-0.25, -0.2) is 0 Å². The zero-order valence-electron chi connectivity index (χ0n) is 51.5. The predicted molar refractivity (Wildman–Crippen MR) is 328 cm³/mol. The van der Waals surface area contributed by atoms with Crippen LogP contribution in [0.4, 0.5) is 0 Å². The van der Waals surface area contributed by atoms with E-state index in [1.807, 2.05) is 6.08 Å². The molecule has 9 N–H and O–H groups in total. The van der Waals surface area contributed by atoms with Crippen LogP contribution in [0, 0.1) is 0 Å². The first-order valence-corrected chi connectivity index (χ1v) is 33.7. The van der Waals surface area contributed by atoms with Crippen LogP contribution in [0.3, 0.4) is 0 Å². The van der Waals surface area contributed by atoms with Crippen LogP contribution in [0.1, 0.15) is 290 Å². The second-order valence-corrected chi connectivity index (χ2v) is 23.9. The molecule has 2 rings (SSSR count). The molecule has 0 aliphatic carbocycles. The summed E-state index contributed by atoms with van der Waals surface area (Å²) in [7, 11) is 0. The maximum absolute atomic E-state index is 13.3. The Morgan fingerprint density at radius 1 is 0.432 bits per heavy atom. The van der Waals surface area contributed by atoms with Gasteiger partial charge < -0.3 is 65.1 Å². The maximum atomic E-state index is 13.3. The molecule has 0 saturated carbocycles. The minimum absolute atomic E-state index is 0.245. The molecule has 2 aliphatic heterocycles. The zero-order valence-corrected chi connectivity index (χ0v) is 51.5. The van der Waals surface area contributed by atoms with Crippen LogP contribution in [0.5, 0.6) is 0 Å². The minimum Gasteiger partial charge on any atom is -0.394 e. The van der Waals surface area contributed by atoms with E-state index in [9.17, 15) is 45.6 Å². The highest BCUT2D eigenvalue weighted by atomic mass is 16.7. The number of aliphatic hydroxyl groups is 8. The van der Waals surface area contributed by atoms with E-state index in [4.69, 9.17) is 18.9 Å². The lowest BCUT2D eigenvalue weighted by Gasteiger charge is -2.46. The normalized spacial score (nSPS) is 24.3. The van der Waals surface area contributed by atoms with E-state index in [0.29, 0.717) is 12.8 Å². The summed E-state index contributed by atoms with van der Waals surface area (Å²) in [5.41, 5.74) is 0. The average Bonchev–Trinajstić information content (AvgIpc) is 3.47. The van der Waals surface area contributed by atoms with Gasteiger partial charge in [-0.1, -0.05) is 262 Å². The summed E-state index contributed by atoms with van der Waals surface area (Å²) in [5, 5.41) is 87.3. The third kappa shape index (κ3) is 37.4. The number of carbonyl (C=O) groups is 1. The van der Waals surface area contributed by atoms with Crippen molar-refractivity contribution in [3.63, 3.8) is 0 Å². The van der Waals surface area contributed by atoms with Crippen molar-refractivity contribution in [3.8, 4) is 0 Å². The van der Waals surface area contributed by atoms with Crippen LogP contribution in [0.15, 0.2) is 36.5 Å². The number of carbonyl (C=O) groups excluding carboxylic acids is 1. The van der Waals surface area contributed by atoms with E-state index in [1.165, 1.54) is 225 Å². The van der Waals surface area contributed by atoms with E-state index < -0.39 is 86.8 Å². The van der Waals surface area contributed by atoms with Crippen LogP contribution in [-0.4, -0.2) is 140 Å². The molecule has 12 atom stereocenters. The van der Waals surface area contributed by atoms with Gasteiger partial charge in [0.15, 0.2) is 12.6 Å². The number of aliphatic hydroxyl groups excluding tert-OH is 8. The molecule has 14 heteroatoms. The van der Waals surface area contributed by atoms with Crippen LogP contribution < -0.4 is 5.32 Å². The lowest BCUT2D eigenvalue weighted by molar-refractivity contribution is -0.359. The van der Waals surface area contributed by atoms with Gasteiger partial charge in [-0.05, 0) is 57.8 Å². The second-order valence-electron chi connectivity index (χ2n) is 23.9. The van der Waals surface area contributed by atoms with Crippen molar-refractivity contribution in [2.75, 3.05) is 19.8 Å². The monoisotopic (exact) mass is 1150 g/mol. The predicted octanol–water partition coefficient (Wildman–Crippen LogP) is 13.0. The van der Waals surface area contributed by atoms with Crippen LogP contribution in [0.25, 0.3) is 0 Å². The molecule has 2 heterocycles. The molecule has 0 radical (unpaired) electrons. The summed E-state index contributed by atoms with van der Waals surface area (Å²) in [4.78, 5) is 13.3. The third-order valence-electron chi connectivity index (χ3n) is 16.5. The number of unbranched alkanes of at least 4 members (excludes halogenated alkanes) is 38. The van der Waals surface area contributed by atoms with Gasteiger partial charge in [0, 0.05) is 6.42 Å². The first kappa shape index (κ1) is 75.3. The molecule has 476 valence electrons. The summed E-state index contributed by atoms with van der Waals surface area (Å²) in [5.74, 6) is -0.245. The third-order valence-corrected chi connectivity index (χ3v) is 16.5. The molecular formula is C67H125NO13. The molecule has 1 amide bonds. The molecule has 12 unspecified atom stereocenters. The number of hydrogen-bond acceptors (Lipinski definition) is 13. The van der Waals surface area contributed by atoms with Crippen molar-refractivity contribution in [1.29, 1.82) is 0 Å². The molecule has 0 aromatic heterocycles. The first-order chi connectivity index (χ1) is 39.6. The Morgan fingerprint density at radius 2 is 0.790 bits per heavy atom. The van der Waals surface area contributed by atoms with Crippen molar-refractivity contribution < 1.29 is 64.6 Å². The molecule has 0 aromatic carbocycles. The van der Waals surface area contributed by atoms with Crippen molar-refractivity contribution in [1.82, 2.24) is 5.32 Å². The minimum atomic E-state index is -1.79. The van der Waals surface area contributed by atoms with Gasteiger partial charge in [0.1, 0.15) is 48.8 Å². The molecule has 2 aliphatic rings. The van der Waals surface area contributed by atoms with Gasteiger partial charge in [-0.2, -0.15) is 0 Å². The van der Waals surface area contributed by atoms with Crippen LogP contribution in [-0.2, 0) is 23.7 Å². The highest BCUT2D eigenvalue weighted by molar-refractivity contribution is 5.76. The highest BCUT2D eigenvalue weighted by Crippen LogP contribution is 2.30. The second kappa shape index (κ2) is 52.5. The quantitative estimate of drug-likeness (QED) is 0.0204. The molecule has 81 heavy (non-hydrogen) atoms. The van der Waals surface area contributed by atoms with Gasteiger partial charge in [-0.15, -0.1) is 0 Å². The number of hydrogen-bond donors (Lipinski definition) is 9. The standard InChI is InChI=1S/C67H125NO13/c1-3-5-7-9-11-13-15-17-19-21-23-25-27-28-29-31-33-35-37-39-41-43-45-47-49-51-59(72)68-55(54-78-66-64(77)62(75)65(58(53-70)80-66)81-67-63(76)61(74)60(73)57(52-69)79-67)56(71)50-48-46-44-42-40-38-36-34-32-30-26-24-22-20-18-16-14-12-10-8-6-4-2/h21,23,40,42,48,50,55-58,60-67,69-71,73-77H,3-20,22,24-39,41,43-47,49,51-54H2,1-2H3,(H,68,72)/b23-21-,42-40+,50-48+. The van der Waals surface area contributed by atoms with E-state index >= 15 is 0 Å². The lowest BCUT2D eigenvalue weighted by atomic mass is 9.97. The summed E-state index contributed by atoms with van der Waals surface area (Å²) < 4.78 is 22.8. The number of rotatable bonds is 55. The number of amides is 1. The Hall–Kier alpha value is -1.79. The van der Waals surface area contributed by atoms with Crippen LogP contribution in [0.2, 0.25) is 0 Å². The van der Waals surface area contributed by atoms with Crippen molar-refractivity contribution >= 4 is 5.91 Å². The Balaban J connectivity index is 1.72. The van der Waals surface area contributed by atoms with Gasteiger partial charge in [0.05, 0.1) is 32.0 Å². The summed E-state index contributed by atoms with van der Waals surface area (Å²) in [6, 6.07) is -0.931. The van der Waals surface area contributed by atoms with Crippen molar-refractivity contribution in [3.05, 3.63) is 36.5 Å². The summed E-state index contributed by atoms with van der Waals surface area (Å²) >= 11 is 0. The highest BCUT2D eigenvalue weighted by Gasteiger charge is 2.51. The van der Waals surface area contributed by atoms with Gasteiger partial charge >= 0.3 is 0 Å². The Morgan fingerprint density at radius 3 is 1.21 bits per heavy atom. The van der Waals surface area contributed by atoms with Gasteiger partial charge in [0.25, 0.3) is 0 Å². The van der Waals surface area contributed by atoms with Crippen molar-refractivity contribution in [2.45, 2.75) is 364 Å². The fourth-order valence-electron chi connectivity index (χ4n) is 11.1. The molecule has 14 nitrogen and oxygen atoms in total. The molecule has 2 fully saturated rings. The molecular weight excluding hydrogens is 1030 g/mol. The topological polar surface area (TPSA) is 228 Å². The fourth-order valence-corrected chi connectivity index (χ4v) is 11.1. The average molecular weight is 1150 g/mol. The Labute approximate surface area is 493 Å². The van der Waals surface area contributed by atoms with E-state index in [1.54, 1.807) is 6.08 Å². The molecule has 0 bridgehead atoms. The number of nitrogens with one attached hydrogen (secondary N) is 1. The maximum Gasteiger partial charge on any atom is 0.220 e. The molecule has 0 spiro atoms. The van der Waals surface area contributed by atoms with Gasteiger partial charge in [-0.3, -0.25) is 4.79 Å². The van der Waals surface area contributed by atoms with Gasteiger partial charge in [0.2, 0.25) is 5.91 Å². The van der Waals surface area contributed by atoms with Crippen LogP contribution >= 0.6 is 0 Å². The number of allylic oxidation sites excluding steroid dienone is 5. The molecule has 0 aromatic rings. The smallest absolute Gasteiger partial charge is 0.220 e. The van der Waals surface area contributed by atoms with E-state index in [-0.39, 0.29) is 18.9 Å². The SMILES string of the molecule is CCCCCCCCCC/C=C\CCCCCCCCCCCCCCCC(=O)NC(COC1OC(CO)C(OC2OC(CO)C(O)C(O)C2O)C(O)C1O)C(O)/C=C/CC/C=C/CCCCCCCCCCCCCCCCCC. The van der Waals surface area contributed by atoms with E-state index in [2.05, 4.69) is 43.5 Å². The fraction of sp³-hybridized carbons (Fsp3) is 0.896. The molecule has 2 saturated heterocycles. The first-order valence-electron chi connectivity index (χ1n) is 33.7. The van der Waals surface area contributed by atoms with Crippen molar-refractivity contribution in [2.24, 2.45) is 0 Å². The Kier molecular flexibility index (Phi) is 48.8. The largest absolute Gasteiger partial charge is 0.394 e. The summed E-state index contributed by atoms with van der Waals surface area (Å²) in [6.45, 7) is 2.82. The number of ether oxygens (including phenoxy) is 4. The lowest BCUT2D eigenvalue weighted by Crippen LogP contribution is -2.65.